The van der Waals surface area contributed by atoms with E-state index in [-0.39, 0.29) is 0 Å². The van der Waals surface area contributed by atoms with Gasteiger partial charge in [-0.1, -0.05) is 54.6 Å². The van der Waals surface area contributed by atoms with Gasteiger partial charge in [-0.15, -0.1) is 0 Å². The van der Waals surface area contributed by atoms with E-state index in [2.05, 4.69) is 56.3 Å². The minimum absolute atomic E-state index is 0.464. The number of hydrogen-bond acceptors (Lipinski definition) is 1. The topological polar surface area (TPSA) is 20.2 Å². The molecule has 1 N–H and O–H groups in total. The number of hydrogen-bond donors (Lipinski definition) is 1. The molecule has 0 aliphatic heterocycles. The van der Waals surface area contributed by atoms with Gasteiger partial charge in [-0.05, 0) is 52.9 Å². The Morgan fingerprint density at radius 2 is 1.48 bits per heavy atom. The summed E-state index contributed by atoms with van der Waals surface area (Å²) in [5.41, 5.74) is 4.72. The van der Waals surface area contributed by atoms with Crippen LogP contribution in [0.4, 0.5) is 0 Å². The van der Waals surface area contributed by atoms with Crippen LogP contribution in [0, 0.1) is 13.8 Å². The van der Waals surface area contributed by atoms with Gasteiger partial charge >= 0.3 is 0 Å². The number of aliphatic hydroxyl groups is 1. The summed E-state index contributed by atoms with van der Waals surface area (Å²) in [6, 6.07) is 20.7. The predicted octanol–water partition coefficient (Wildman–Crippen LogP) is 4.73. The molecule has 106 valence electrons. The molecule has 0 fully saturated rings. The van der Waals surface area contributed by atoms with Gasteiger partial charge in [-0.2, -0.15) is 0 Å². The summed E-state index contributed by atoms with van der Waals surface area (Å²) in [6.07, 6.45) is 0.200. The maximum absolute atomic E-state index is 10.6. The molecule has 0 saturated heterocycles. The average Bonchev–Trinajstić information content (AvgIpc) is 2.50. The van der Waals surface area contributed by atoms with Gasteiger partial charge in [0.15, 0.2) is 0 Å². The fourth-order valence-corrected chi connectivity index (χ4v) is 2.90. The summed E-state index contributed by atoms with van der Waals surface area (Å²) >= 11 is 0. The Kier molecular flexibility index (Phi) is 3.76. The lowest BCUT2D eigenvalue weighted by molar-refractivity contribution is 0.178. The fourth-order valence-electron chi connectivity index (χ4n) is 2.90. The molecular weight excluding hydrogens is 256 g/mol. The lowest BCUT2D eigenvalue weighted by Crippen LogP contribution is -2.04. The quantitative estimate of drug-likeness (QED) is 0.733. The van der Waals surface area contributed by atoms with E-state index in [1.807, 2.05) is 18.2 Å². The van der Waals surface area contributed by atoms with Crippen molar-refractivity contribution in [2.24, 2.45) is 0 Å². The van der Waals surface area contributed by atoms with Gasteiger partial charge in [-0.25, -0.2) is 0 Å². The zero-order valence-corrected chi connectivity index (χ0v) is 12.5. The monoisotopic (exact) mass is 276 g/mol. The van der Waals surface area contributed by atoms with Crippen LogP contribution in [0.25, 0.3) is 10.8 Å². The third kappa shape index (κ3) is 2.84. The zero-order valence-electron chi connectivity index (χ0n) is 12.5. The first-order valence-corrected chi connectivity index (χ1v) is 7.37. The minimum atomic E-state index is -0.464. The van der Waals surface area contributed by atoms with Crippen molar-refractivity contribution in [1.82, 2.24) is 0 Å². The second-order valence-electron chi connectivity index (χ2n) is 5.70. The minimum Gasteiger partial charge on any atom is -0.388 e. The van der Waals surface area contributed by atoms with Crippen molar-refractivity contribution in [3.63, 3.8) is 0 Å². The molecule has 0 aliphatic rings. The summed E-state index contributed by atoms with van der Waals surface area (Å²) < 4.78 is 0. The van der Waals surface area contributed by atoms with Gasteiger partial charge in [-0.3, -0.25) is 0 Å². The van der Waals surface area contributed by atoms with Gasteiger partial charge in [0.1, 0.15) is 0 Å². The molecule has 1 atom stereocenters. The molecule has 21 heavy (non-hydrogen) atoms. The molecule has 0 saturated carbocycles. The highest BCUT2D eigenvalue weighted by molar-refractivity contribution is 5.83. The summed E-state index contributed by atoms with van der Waals surface area (Å²) in [4.78, 5) is 0. The summed E-state index contributed by atoms with van der Waals surface area (Å²) in [5.74, 6) is 0. The van der Waals surface area contributed by atoms with E-state index in [1.165, 1.54) is 27.5 Å². The first-order chi connectivity index (χ1) is 10.1. The molecular formula is C20H20O. The Labute approximate surface area is 125 Å². The molecule has 0 heterocycles. The van der Waals surface area contributed by atoms with Crippen LogP contribution in [-0.2, 0) is 6.42 Å². The Balaban J connectivity index is 1.91. The van der Waals surface area contributed by atoms with E-state index in [4.69, 9.17) is 0 Å². The van der Waals surface area contributed by atoms with Gasteiger partial charge in [0.25, 0.3) is 0 Å². The Morgan fingerprint density at radius 1 is 0.810 bits per heavy atom. The molecule has 0 spiro atoms. The molecule has 0 aliphatic carbocycles. The normalized spacial score (nSPS) is 12.5. The lowest BCUT2D eigenvalue weighted by atomic mass is 9.94. The Bertz CT molecular complexity index is 753. The first kappa shape index (κ1) is 13.8. The van der Waals surface area contributed by atoms with Crippen molar-refractivity contribution in [2.75, 3.05) is 0 Å². The highest BCUT2D eigenvalue weighted by atomic mass is 16.3. The number of aryl methyl sites for hydroxylation is 2. The molecule has 0 radical (unpaired) electrons. The lowest BCUT2D eigenvalue weighted by Gasteiger charge is -2.15. The zero-order chi connectivity index (χ0) is 14.8. The number of benzene rings is 3. The SMILES string of the molecule is Cc1cccc(C)c1CC(O)c1ccc2ccccc2c1. The van der Waals surface area contributed by atoms with Crippen molar-refractivity contribution in [3.05, 3.63) is 82.9 Å². The third-order valence-electron chi connectivity index (χ3n) is 4.20. The van der Waals surface area contributed by atoms with E-state index in [1.54, 1.807) is 0 Å². The molecule has 1 nitrogen and oxygen atoms in total. The molecule has 3 aromatic carbocycles. The Morgan fingerprint density at radius 3 is 2.19 bits per heavy atom. The first-order valence-electron chi connectivity index (χ1n) is 7.37. The maximum atomic E-state index is 10.6. The molecule has 3 rings (SSSR count). The third-order valence-corrected chi connectivity index (χ3v) is 4.20. The molecule has 0 amide bonds. The molecule has 0 bridgehead atoms. The highest BCUT2D eigenvalue weighted by Gasteiger charge is 2.12. The molecule has 1 heteroatoms. The van der Waals surface area contributed by atoms with Crippen molar-refractivity contribution in [1.29, 1.82) is 0 Å². The Hall–Kier alpha value is -2.12. The van der Waals surface area contributed by atoms with Crippen LogP contribution < -0.4 is 0 Å². The second kappa shape index (κ2) is 5.71. The maximum Gasteiger partial charge on any atom is 0.0830 e. The fraction of sp³-hybridized carbons (Fsp3) is 0.200. The van der Waals surface area contributed by atoms with Crippen LogP contribution in [0.15, 0.2) is 60.7 Å². The van der Waals surface area contributed by atoms with Crippen LogP contribution in [0.2, 0.25) is 0 Å². The predicted molar refractivity (Wildman–Crippen MR) is 88.5 cm³/mol. The van der Waals surface area contributed by atoms with Crippen LogP contribution in [-0.4, -0.2) is 5.11 Å². The van der Waals surface area contributed by atoms with Gasteiger partial charge in [0, 0.05) is 6.42 Å². The van der Waals surface area contributed by atoms with Crippen LogP contribution in [0.5, 0.6) is 0 Å². The van der Waals surface area contributed by atoms with E-state index in [9.17, 15) is 5.11 Å². The van der Waals surface area contributed by atoms with Crippen LogP contribution >= 0.6 is 0 Å². The van der Waals surface area contributed by atoms with E-state index in [0.717, 1.165) is 5.56 Å². The molecule has 0 aromatic heterocycles. The largest absolute Gasteiger partial charge is 0.388 e. The number of aliphatic hydroxyl groups excluding tert-OH is 1. The van der Waals surface area contributed by atoms with E-state index in [0.29, 0.717) is 6.42 Å². The van der Waals surface area contributed by atoms with Crippen molar-refractivity contribution in [2.45, 2.75) is 26.4 Å². The van der Waals surface area contributed by atoms with Crippen LogP contribution in [0.3, 0.4) is 0 Å². The number of rotatable bonds is 3. The van der Waals surface area contributed by atoms with E-state index < -0.39 is 6.10 Å². The summed E-state index contributed by atoms with van der Waals surface area (Å²) in [5, 5.41) is 13.0. The smallest absolute Gasteiger partial charge is 0.0830 e. The van der Waals surface area contributed by atoms with Gasteiger partial charge in [0.05, 0.1) is 6.10 Å². The highest BCUT2D eigenvalue weighted by Crippen LogP contribution is 2.25. The number of fused-ring (bicyclic) bond motifs is 1. The summed E-state index contributed by atoms with van der Waals surface area (Å²) in [6.45, 7) is 4.21. The van der Waals surface area contributed by atoms with Crippen molar-refractivity contribution >= 4 is 10.8 Å². The average molecular weight is 276 g/mol. The van der Waals surface area contributed by atoms with E-state index >= 15 is 0 Å². The molecule has 3 aromatic rings. The standard InChI is InChI=1S/C20H20O/c1-14-6-5-7-15(2)19(14)13-20(21)18-11-10-16-8-3-4-9-17(16)12-18/h3-12,20-21H,13H2,1-2H3. The van der Waals surface area contributed by atoms with Crippen LogP contribution in [0.1, 0.15) is 28.4 Å². The van der Waals surface area contributed by atoms with Crippen molar-refractivity contribution in [3.8, 4) is 0 Å². The second-order valence-corrected chi connectivity index (χ2v) is 5.70. The summed E-state index contributed by atoms with van der Waals surface area (Å²) in [7, 11) is 0. The molecule has 1 unspecified atom stereocenters. The van der Waals surface area contributed by atoms with Gasteiger partial charge in [0.2, 0.25) is 0 Å². The van der Waals surface area contributed by atoms with Crippen molar-refractivity contribution < 1.29 is 5.11 Å². The van der Waals surface area contributed by atoms with Gasteiger partial charge < -0.3 is 5.11 Å².